The molecule has 1 aromatic carbocycles. The molecule has 0 bridgehead atoms. The fourth-order valence-corrected chi connectivity index (χ4v) is 3.56. The number of primary sulfonamides is 1. The first-order chi connectivity index (χ1) is 10.1. The van der Waals surface area contributed by atoms with Gasteiger partial charge in [-0.2, -0.15) is 0 Å². The number of carboxylic acid groups (broad SMARTS) is 1. The largest absolute Gasteiger partial charge is 0.480 e. The number of likely N-dealkylation sites (tertiary alicyclic amines) is 1. The van der Waals surface area contributed by atoms with Gasteiger partial charge in [-0.15, -0.1) is 0 Å². The first-order valence-corrected chi connectivity index (χ1v) is 8.35. The summed E-state index contributed by atoms with van der Waals surface area (Å²) >= 11 is 0. The lowest BCUT2D eigenvalue weighted by Crippen LogP contribution is -2.40. The van der Waals surface area contributed by atoms with E-state index < -0.39 is 27.9 Å². The predicted octanol–water partition coefficient (Wildman–Crippen LogP) is 0.640. The first-order valence-electron chi connectivity index (χ1n) is 6.80. The van der Waals surface area contributed by atoms with Gasteiger partial charge in [0.05, 0.1) is 4.90 Å². The number of benzene rings is 1. The minimum Gasteiger partial charge on any atom is -0.480 e. The van der Waals surface area contributed by atoms with Crippen molar-refractivity contribution in [2.24, 2.45) is 5.14 Å². The van der Waals surface area contributed by atoms with E-state index in [1.807, 2.05) is 0 Å². The van der Waals surface area contributed by atoms with Crippen LogP contribution < -0.4 is 5.14 Å². The number of carboxylic acids is 1. The lowest BCUT2D eigenvalue weighted by molar-refractivity contribution is -0.141. The molecule has 0 radical (unpaired) electrons. The van der Waals surface area contributed by atoms with Gasteiger partial charge < -0.3 is 10.0 Å². The molecule has 1 saturated heterocycles. The molecular formula is C14H18N2O5S. The molecule has 0 aromatic heterocycles. The van der Waals surface area contributed by atoms with Gasteiger partial charge in [0.1, 0.15) is 6.04 Å². The zero-order valence-electron chi connectivity index (χ0n) is 12.4. The minimum atomic E-state index is -3.95. The van der Waals surface area contributed by atoms with E-state index in [0.717, 1.165) is 0 Å². The second-order valence-electron chi connectivity index (χ2n) is 5.46. The zero-order valence-corrected chi connectivity index (χ0v) is 13.2. The normalized spacial score (nSPS) is 18.5. The number of amides is 1. The summed E-state index contributed by atoms with van der Waals surface area (Å²) in [7, 11) is -3.95. The summed E-state index contributed by atoms with van der Waals surface area (Å²) in [4.78, 5) is 24.9. The third-order valence-corrected chi connectivity index (χ3v) is 5.01. The number of sulfonamides is 1. The summed E-state index contributed by atoms with van der Waals surface area (Å²) < 4.78 is 23.3. The SMILES string of the molecule is Cc1cc(C(=O)N2CCC[C@@H]2C(=O)O)cc(S(N)(=O)=O)c1C. The highest BCUT2D eigenvalue weighted by Crippen LogP contribution is 2.24. The quantitative estimate of drug-likeness (QED) is 0.845. The second-order valence-corrected chi connectivity index (χ2v) is 6.99. The van der Waals surface area contributed by atoms with Crippen molar-refractivity contribution in [2.75, 3.05) is 6.54 Å². The number of carbonyl (C=O) groups excluding carboxylic acids is 1. The summed E-state index contributed by atoms with van der Waals surface area (Å²) in [6, 6.07) is 1.91. The average molecular weight is 326 g/mol. The number of nitrogens with two attached hydrogens (primary N) is 1. The highest BCUT2D eigenvalue weighted by Gasteiger charge is 2.34. The molecule has 120 valence electrons. The molecule has 0 spiro atoms. The van der Waals surface area contributed by atoms with Gasteiger partial charge in [-0.3, -0.25) is 4.79 Å². The molecule has 1 aliphatic rings. The Labute approximate surface area is 128 Å². The number of hydrogen-bond donors (Lipinski definition) is 2. The van der Waals surface area contributed by atoms with Crippen LogP contribution in [-0.2, 0) is 14.8 Å². The van der Waals surface area contributed by atoms with Crippen molar-refractivity contribution < 1.29 is 23.1 Å². The summed E-state index contributed by atoms with van der Waals surface area (Å²) in [5, 5.41) is 14.3. The van der Waals surface area contributed by atoms with Gasteiger partial charge in [0.2, 0.25) is 10.0 Å². The van der Waals surface area contributed by atoms with Crippen LogP contribution >= 0.6 is 0 Å². The molecule has 0 unspecified atom stereocenters. The van der Waals surface area contributed by atoms with E-state index in [4.69, 9.17) is 10.2 Å². The van der Waals surface area contributed by atoms with Crippen LogP contribution in [0.3, 0.4) is 0 Å². The van der Waals surface area contributed by atoms with Crippen molar-refractivity contribution >= 4 is 21.9 Å². The molecule has 0 saturated carbocycles. The van der Waals surface area contributed by atoms with Crippen LogP contribution in [0.4, 0.5) is 0 Å². The van der Waals surface area contributed by atoms with E-state index in [-0.39, 0.29) is 10.5 Å². The number of carbonyl (C=O) groups is 2. The zero-order chi connectivity index (χ0) is 16.7. The molecular weight excluding hydrogens is 308 g/mol. The molecule has 22 heavy (non-hydrogen) atoms. The van der Waals surface area contributed by atoms with Crippen molar-refractivity contribution in [2.45, 2.75) is 37.6 Å². The summed E-state index contributed by atoms with van der Waals surface area (Å²) in [6.07, 6.45) is 1.00. The average Bonchev–Trinajstić information content (AvgIpc) is 2.88. The van der Waals surface area contributed by atoms with Gasteiger partial charge in [0.25, 0.3) is 5.91 Å². The first kappa shape index (κ1) is 16.4. The molecule has 7 nitrogen and oxygen atoms in total. The Morgan fingerprint density at radius 1 is 1.32 bits per heavy atom. The molecule has 1 aromatic rings. The maximum Gasteiger partial charge on any atom is 0.326 e. The Morgan fingerprint density at radius 2 is 1.95 bits per heavy atom. The number of aryl methyl sites for hydroxylation is 1. The van der Waals surface area contributed by atoms with Crippen LogP contribution in [0.1, 0.15) is 34.3 Å². The number of rotatable bonds is 3. The van der Waals surface area contributed by atoms with Crippen LogP contribution in [0.15, 0.2) is 17.0 Å². The maximum atomic E-state index is 12.5. The molecule has 8 heteroatoms. The number of nitrogens with zero attached hydrogens (tertiary/aromatic N) is 1. The predicted molar refractivity (Wildman–Crippen MR) is 79.0 cm³/mol. The van der Waals surface area contributed by atoms with Gasteiger partial charge in [-0.1, -0.05) is 0 Å². The van der Waals surface area contributed by atoms with E-state index in [9.17, 15) is 18.0 Å². The van der Waals surface area contributed by atoms with Gasteiger partial charge >= 0.3 is 5.97 Å². The minimum absolute atomic E-state index is 0.109. The fourth-order valence-electron chi connectivity index (χ4n) is 2.68. The van der Waals surface area contributed by atoms with Crippen molar-refractivity contribution in [1.82, 2.24) is 4.90 Å². The standard InChI is InChI=1S/C14H18N2O5S/c1-8-6-10(7-12(9(8)2)22(15,20)21)13(17)16-5-3-4-11(16)14(18)19/h6-7,11H,3-5H2,1-2H3,(H,18,19)(H2,15,20,21)/t11-/m1/s1. The molecule has 1 heterocycles. The monoisotopic (exact) mass is 326 g/mol. The molecule has 1 amide bonds. The third-order valence-electron chi connectivity index (χ3n) is 3.97. The van der Waals surface area contributed by atoms with E-state index in [0.29, 0.717) is 30.5 Å². The van der Waals surface area contributed by atoms with Gasteiger partial charge in [-0.05, 0) is 49.9 Å². The summed E-state index contributed by atoms with van der Waals surface area (Å²) in [5.41, 5.74) is 1.23. The second kappa shape index (κ2) is 5.69. The third kappa shape index (κ3) is 2.97. The summed E-state index contributed by atoms with van der Waals surface area (Å²) in [5.74, 6) is -1.54. The van der Waals surface area contributed by atoms with E-state index >= 15 is 0 Å². The lowest BCUT2D eigenvalue weighted by Gasteiger charge is -2.22. The van der Waals surface area contributed by atoms with Crippen LogP contribution in [0.2, 0.25) is 0 Å². The van der Waals surface area contributed by atoms with Gasteiger partial charge in [0, 0.05) is 12.1 Å². The van der Waals surface area contributed by atoms with Crippen molar-refractivity contribution in [3.05, 3.63) is 28.8 Å². The molecule has 1 aliphatic heterocycles. The van der Waals surface area contributed by atoms with Gasteiger partial charge in [-0.25, -0.2) is 18.4 Å². The lowest BCUT2D eigenvalue weighted by atomic mass is 10.0. The molecule has 2 rings (SSSR count). The molecule has 1 atom stereocenters. The summed E-state index contributed by atoms with van der Waals surface area (Å²) in [6.45, 7) is 3.63. The van der Waals surface area contributed by atoms with Crippen LogP contribution in [0.5, 0.6) is 0 Å². The molecule has 0 aliphatic carbocycles. The van der Waals surface area contributed by atoms with Crippen LogP contribution in [0.25, 0.3) is 0 Å². The Kier molecular flexibility index (Phi) is 4.25. The Bertz CT molecular complexity index is 742. The molecule has 3 N–H and O–H groups in total. The Hall–Kier alpha value is -1.93. The molecule has 1 fully saturated rings. The fraction of sp³-hybridized carbons (Fsp3) is 0.429. The van der Waals surface area contributed by atoms with Crippen LogP contribution in [-0.4, -0.2) is 42.9 Å². The van der Waals surface area contributed by atoms with E-state index in [1.54, 1.807) is 19.9 Å². The smallest absolute Gasteiger partial charge is 0.326 e. The Balaban J connectivity index is 2.47. The number of aliphatic carboxylic acids is 1. The number of hydrogen-bond acceptors (Lipinski definition) is 4. The highest BCUT2D eigenvalue weighted by molar-refractivity contribution is 7.89. The highest BCUT2D eigenvalue weighted by atomic mass is 32.2. The van der Waals surface area contributed by atoms with Crippen molar-refractivity contribution in [3.63, 3.8) is 0 Å². The van der Waals surface area contributed by atoms with Gasteiger partial charge in [0.15, 0.2) is 0 Å². The van der Waals surface area contributed by atoms with E-state index in [2.05, 4.69) is 0 Å². The maximum absolute atomic E-state index is 12.5. The van der Waals surface area contributed by atoms with Crippen molar-refractivity contribution in [3.8, 4) is 0 Å². The van der Waals surface area contributed by atoms with E-state index in [1.165, 1.54) is 11.0 Å². The van der Waals surface area contributed by atoms with Crippen molar-refractivity contribution in [1.29, 1.82) is 0 Å². The Morgan fingerprint density at radius 3 is 2.50 bits per heavy atom. The van der Waals surface area contributed by atoms with Crippen LogP contribution in [0, 0.1) is 13.8 Å². The topological polar surface area (TPSA) is 118 Å².